The number of benzene rings is 1. The molecular formula is C9H7BrClF3O. The van der Waals surface area contributed by atoms with Crippen LogP contribution >= 0.6 is 27.5 Å². The molecule has 0 spiro atoms. The number of hydrogen-bond donors (Lipinski definition) is 1. The van der Waals surface area contributed by atoms with Gasteiger partial charge in [-0.1, -0.05) is 27.5 Å². The van der Waals surface area contributed by atoms with Crippen LogP contribution in [0.3, 0.4) is 0 Å². The molecule has 0 heterocycles. The van der Waals surface area contributed by atoms with Crippen LogP contribution in [0.2, 0.25) is 5.02 Å². The molecule has 84 valence electrons. The standard InChI is InChI=1S/C9H7BrClF3O/c1-4(15)5-2-7(10)6(3-8(5)11)9(12,13)14/h2-4,15H,1H3. The maximum Gasteiger partial charge on any atom is 0.417 e. The molecule has 0 saturated carbocycles. The van der Waals surface area contributed by atoms with Gasteiger partial charge in [-0.05, 0) is 24.6 Å². The Morgan fingerprint density at radius 3 is 2.33 bits per heavy atom. The lowest BCUT2D eigenvalue weighted by molar-refractivity contribution is -0.138. The van der Waals surface area contributed by atoms with Gasteiger partial charge in [0.15, 0.2) is 0 Å². The molecule has 0 aromatic heterocycles. The minimum Gasteiger partial charge on any atom is -0.389 e. The Labute approximate surface area is 98.0 Å². The van der Waals surface area contributed by atoms with Crippen molar-refractivity contribution in [2.75, 3.05) is 0 Å². The molecule has 0 aliphatic carbocycles. The highest BCUT2D eigenvalue weighted by molar-refractivity contribution is 9.10. The Morgan fingerprint density at radius 2 is 1.93 bits per heavy atom. The van der Waals surface area contributed by atoms with Crippen LogP contribution < -0.4 is 0 Å². The summed E-state index contributed by atoms with van der Waals surface area (Å²) in [4.78, 5) is 0. The van der Waals surface area contributed by atoms with E-state index in [-0.39, 0.29) is 15.1 Å². The van der Waals surface area contributed by atoms with E-state index in [1.807, 2.05) is 0 Å². The van der Waals surface area contributed by atoms with E-state index in [2.05, 4.69) is 15.9 Å². The molecule has 0 aliphatic heterocycles. The zero-order valence-corrected chi connectivity index (χ0v) is 9.91. The lowest BCUT2D eigenvalue weighted by Crippen LogP contribution is -2.07. The zero-order valence-electron chi connectivity index (χ0n) is 7.57. The largest absolute Gasteiger partial charge is 0.417 e. The first-order valence-corrected chi connectivity index (χ1v) is 5.14. The number of halogens is 5. The molecule has 0 saturated heterocycles. The minimum absolute atomic E-state index is 0.0967. The molecule has 1 aromatic rings. The molecule has 15 heavy (non-hydrogen) atoms. The topological polar surface area (TPSA) is 20.2 Å². The average molecular weight is 304 g/mol. The van der Waals surface area contributed by atoms with Crippen molar-refractivity contribution in [1.29, 1.82) is 0 Å². The van der Waals surface area contributed by atoms with Gasteiger partial charge in [0.05, 0.1) is 11.7 Å². The van der Waals surface area contributed by atoms with E-state index in [9.17, 15) is 18.3 Å². The van der Waals surface area contributed by atoms with Gasteiger partial charge < -0.3 is 5.11 Å². The van der Waals surface area contributed by atoms with Crippen molar-refractivity contribution in [3.63, 3.8) is 0 Å². The zero-order chi connectivity index (χ0) is 11.8. The van der Waals surface area contributed by atoms with E-state index >= 15 is 0 Å². The first-order valence-electron chi connectivity index (χ1n) is 3.97. The molecule has 1 unspecified atom stereocenters. The van der Waals surface area contributed by atoms with Crippen LogP contribution in [0.25, 0.3) is 0 Å². The lowest BCUT2D eigenvalue weighted by Gasteiger charge is -2.13. The summed E-state index contributed by atoms with van der Waals surface area (Å²) in [6.07, 6.45) is -5.37. The predicted molar refractivity (Wildman–Crippen MR) is 54.8 cm³/mol. The van der Waals surface area contributed by atoms with E-state index in [0.29, 0.717) is 0 Å². The van der Waals surface area contributed by atoms with Crippen molar-refractivity contribution in [3.8, 4) is 0 Å². The molecule has 0 amide bonds. The van der Waals surface area contributed by atoms with Crippen molar-refractivity contribution >= 4 is 27.5 Å². The molecule has 6 heteroatoms. The third kappa shape index (κ3) is 2.86. The van der Waals surface area contributed by atoms with E-state index < -0.39 is 17.8 Å². The normalized spacial score (nSPS) is 14.1. The molecule has 0 bridgehead atoms. The fourth-order valence-electron chi connectivity index (χ4n) is 1.10. The maximum absolute atomic E-state index is 12.4. The second-order valence-electron chi connectivity index (χ2n) is 3.03. The van der Waals surface area contributed by atoms with Crippen LogP contribution in [-0.4, -0.2) is 5.11 Å². The molecule has 1 atom stereocenters. The van der Waals surface area contributed by atoms with Crippen LogP contribution in [0.15, 0.2) is 16.6 Å². The molecule has 1 rings (SSSR count). The van der Waals surface area contributed by atoms with E-state index in [4.69, 9.17) is 11.6 Å². The Balaban J connectivity index is 3.32. The SMILES string of the molecule is CC(O)c1cc(Br)c(C(F)(F)F)cc1Cl. The lowest BCUT2D eigenvalue weighted by atomic mass is 10.1. The Kier molecular flexibility index (Phi) is 3.68. The molecule has 1 nitrogen and oxygen atoms in total. The first kappa shape index (κ1) is 12.8. The summed E-state index contributed by atoms with van der Waals surface area (Å²) < 4.78 is 37.1. The smallest absolute Gasteiger partial charge is 0.389 e. The monoisotopic (exact) mass is 302 g/mol. The molecule has 0 fully saturated rings. The van der Waals surface area contributed by atoms with E-state index in [1.54, 1.807) is 0 Å². The van der Waals surface area contributed by atoms with Crippen molar-refractivity contribution in [2.24, 2.45) is 0 Å². The van der Waals surface area contributed by atoms with Gasteiger partial charge in [0.1, 0.15) is 0 Å². The van der Waals surface area contributed by atoms with Gasteiger partial charge >= 0.3 is 6.18 Å². The fourth-order valence-corrected chi connectivity index (χ4v) is 2.01. The Morgan fingerprint density at radius 1 is 1.40 bits per heavy atom. The summed E-state index contributed by atoms with van der Waals surface area (Å²) in [7, 11) is 0. The van der Waals surface area contributed by atoms with E-state index in [0.717, 1.165) is 6.07 Å². The Bertz CT molecular complexity index is 376. The number of alkyl halides is 3. The van der Waals surface area contributed by atoms with Gasteiger partial charge in [-0.2, -0.15) is 13.2 Å². The maximum atomic E-state index is 12.4. The summed E-state index contributed by atoms with van der Waals surface area (Å²) in [5.41, 5.74) is -0.589. The van der Waals surface area contributed by atoms with Crippen LogP contribution in [0.1, 0.15) is 24.2 Å². The van der Waals surface area contributed by atoms with Gasteiger partial charge in [-0.3, -0.25) is 0 Å². The molecular weight excluding hydrogens is 296 g/mol. The second-order valence-corrected chi connectivity index (χ2v) is 4.29. The Hall–Kier alpha value is -0.260. The van der Waals surface area contributed by atoms with Crippen molar-refractivity contribution in [2.45, 2.75) is 19.2 Å². The average Bonchev–Trinajstić information content (AvgIpc) is 2.06. The van der Waals surface area contributed by atoms with Gasteiger partial charge in [-0.15, -0.1) is 0 Å². The summed E-state index contributed by atoms with van der Waals surface area (Å²) in [6, 6.07) is 1.98. The van der Waals surface area contributed by atoms with Crippen molar-refractivity contribution < 1.29 is 18.3 Å². The van der Waals surface area contributed by atoms with Gasteiger partial charge in [0.2, 0.25) is 0 Å². The number of rotatable bonds is 1. The van der Waals surface area contributed by atoms with Gasteiger partial charge in [-0.25, -0.2) is 0 Å². The third-order valence-electron chi connectivity index (χ3n) is 1.84. The molecule has 0 radical (unpaired) electrons. The minimum atomic E-state index is -4.46. The summed E-state index contributed by atoms with van der Waals surface area (Å²) in [5.74, 6) is 0. The number of aliphatic hydroxyl groups is 1. The summed E-state index contributed by atoms with van der Waals surface area (Å²) in [5, 5.41) is 9.14. The highest BCUT2D eigenvalue weighted by Crippen LogP contribution is 2.38. The van der Waals surface area contributed by atoms with Crippen LogP contribution in [0.4, 0.5) is 13.2 Å². The fraction of sp³-hybridized carbons (Fsp3) is 0.333. The van der Waals surface area contributed by atoms with Crippen LogP contribution in [0, 0.1) is 0 Å². The quantitative estimate of drug-likeness (QED) is 0.825. The predicted octanol–water partition coefficient (Wildman–Crippen LogP) is 4.17. The number of aliphatic hydroxyl groups excluding tert-OH is 1. The first-order chi connectivity index (χ1) is 6.73. The van der Waals surface area contributed by atoms with Gasteiger partial charge in [0.25, 0.3) is 0 Å². The van der Waals surface area contributed by atoms with Crippen molar-refractivity contribution in [3.05, 3.63) is 32.8 Å². The molecule has 0 aliphatic rings. The van der Waals surface area contributed by atoms with Gasteiger partial charge in [0, 0.05) is 9.50 Å². The molecule has 1 N–H and O–H groups in total. The van der Waals surface area contributed by atoms with E-state index in [1.165, 1.54) is 13.0 Å². The number of hydrogen-bond acceptors (Lipinski definition) is 1. The summed E-state index contributed by atoms with van der Waals surface area (Å²) in [6.45, 7) is 1.43. The van der Waals surface area contributed by atoms with Crippen molar-refractivity contribution in [1.82, 2.24) is 0 Å². The molecule has 1 aromatic carbocycles. The van der Waals surface area contributed by atoms with Crippen LogP contribution in [0.5, 0.6) is 0 Å². The highest BCUT2D eigenvalue weighted by Gasteiger charge is 2.33. The highest BCUT2D eigenvalue weighted by atomic mass is 79.9. The van der Waals surface area contributed by atoms with Crippen LogP contribution in [-0.2, 0) is 6.18 Å². The second kappa shape index (κ2) is 4.31. The third-order valence-corrected chi connectivity index (χ3v) is 2.83. The summed E-state index contributed by atoms with van der Waals surface area (Å²) >= 11 is 8.42.